The van der Waals surface area contributed by atoms with Crippen LogP contribution in [0.3, 0.4) is 0 Å². The van der Waals surface area contributed by atoms with Crippen molar-refractivity contribution in [1.82, 2.24) is 10.2 Å². The second-order valence-corrected chi connectivity index (χ2v) is 5.96. The monoisotopic (exact) mass is 337 g/mol. The minimum absolute atomic E-state index is 0.0158. The number of nitrogens with zero attached hydrogens (tertiary/aromatic N) is 1. The second kappa shape index (κ2) is 9.12. The number of carbonyl (C=O) groups is 2. The van der Waals surface area contributed by atoms with Crippen LogP contribution in [0.4, 0.5) is 0 Å². The largest absolute Gasteiger partial charge is 0.497 e. The van der Waals surface area contributed by atoms with Crippen LogP contribution in [-0.4, -0.2) is 50.6 Å². The van der Waals surface area contributed by atoms with Gasteiger partial charge in [0.25, 0.3) is 0 Å². The van der Waals surface area contributed by atoms with E-state index in [0.29, 0.717) is 18.0 Å². The van der Waals surface area contributed by atoms with Crippen LogP contribution in [0.15, 0.2) is 18.2 Å². The van der Waals surface area contributed by atoms with Crippen LogP contribution in [-0.2, 0) is 16.1 Å². The lowest BCUT2D eigenvalue weighted by molar-refractivity contribution is -0.132. The third-order valence-corrected chi connectivity index (χ3v) is 3.69. The normalized spacial score (nSPS) is 11.8. The van der Waals surface area contributed by atoms with Gasteiger partial charge < -0.3 is 25.4 Å². The molecule has 0 fully saturated rings. The molecular weight excluding hydrogens is 310 g/mol. The van der Waals surface area contributed by atoms with Gasteiger partial charge in [-0.3, -0.25) is 9.59 Å². The lowest BCUT2D eigenvalue weighted by atomic mass is 10.1. The molecule has 7 nitrogen and oxygen atoms in total. The van der Waals surface area contributed by atoms with E-state index in [1.54, 1.807) is 27.3 Å². The van der Waals surface area contributed by atoms with Crippen LogP contribution >= 0.6 is 0 Å². The fourth-order valence-corrected chi connectivity index (χ4v) is 2.04. The number of hydrogen-bond donors (Lipinski definition) is 2. The van der Waals surface area contributed by atoms with Gasteiger partial charge in [0.1, 0.15) is 11.5 Å². The molecule has 0 saturated carbocycles. The van der Waals surface area contributed by atoms with Crippen LogP contribution in [0.2, 0.25) is 0 Å². The lowest BCUT2D eigenvalue weighted by Gasteiger charge is -2.20. The average molecular weight is 337 g/mol. The fourth-order valence-electron chi connectivity index (χ4n) is 2.04. The quantitative estimate of drug-likeness (QED) is 0.730. The lowest BCUT2D eigenvalue weighted by Crippen LogP contribution is -2.47. The molecule has 7 heteroatoms. The molecule has 0 saturated heterocycles. The highest BCUT2D eigenvalue weighted by molar-refractivity contribution is 5.87. The zero-order valence-corrected chi connectivity index (χ0v) is 15.0. The third kappa shape index (κ3) is 5.73. The maximum Gasteiger partial charge on any atom is 0.242 e. The van der Waals surface area contributed by atoms with Gasteiger partial charge in [0, 0.05) is 19.7 Å². The molecular formula is C17H27N3O4. The molecule has 3 N–H and O–H groups in total. The summed E-state index contributed by atoms with van der Waals surface area (Å²) in [7, 11) is 4.81. The van der Waals surface area contributed by atoms with Crippen molar-refractivity contribution in [2.45, 2.75) is 26.4 Å². The van der Waals surface area contributed by atoms with Gasteiger partial charge in [-0.25, -0.2) is 0 Å². The summed E-state index contributed by atoms with van der Waals surface area (Å²) in [4.78, 5) is 25.5. The van der Waals surface area contributed by atoms with Crippen LogP contribution in [0.1, 0.15) is 19.4 Å². The van der Waals surface area contributed by atoms with Gasteiger partial charge in [-0.1, -0.05) is 13.8 Å². The molecule has 0 unspecified atom stereocenters. The number of methoxy groups -OCH3 is 2. The summed E-state index contributed by atoms with van der Waals surface area (Å²) in [5.41, 5.74) is 6.61. The number of carbonyl (C=O) groups excluding carboxylic acids is 2. The number of amides is 2. The molecule has 134 valence electrons. The standard InChI is InChI=1S/C17H27N3O4/c1-11(2)16(18)17(22)19-9-15(21)20(3)10-12-6-13(23-4)8-14(7-12)24-5/h6-8,11,16H,9-10,18H2,1-5H3,(H,19,22)/t16-/m0/s1. The molecule has 0 aromatic heterocycles. The summed E-state index contributed by atoms with van der Waals surface area (Å²) in [5, 5.41) is 2.57. The first-order valence-corrected chi connectivity index (χ1v) is 7.77. The summed E-state index contributed by atoms with van der Waals surface area (Å²) in [5.74, 6) is 0.792. The predicted molar refractivity (Wildman–Crippen MR) is 91.8 cm³/mol. The molecule has 0 heterocycles. The van der Waals surface area contributed by atoms with Gasteiger partial charge in [-0.2, -0.15) is 0 Å². The summed E-state index contributed by atoms with van der Waals surface area (Å²) in [6.45, 7) is 4.00. The van der Waals surface area contributed by atoms with Crippen molar-refractivity contribution < 1.29 is 19.1 Å². The topological polar surface area (TPSA) is 93.9 Å². The van der Waals surface area contributed by atoms with Crippen LogP contribution in [0.5, 0.6) is 11.5 Å². The summed E-state index contributed by atoms with van der Waals surface area (Å²) < 4.78 is 10.4. The van der Waals surface area contributed by atoms with Gasteiger partial charge >= 0.3 is 0 Å². The third-order valence-electron chi connectivity index (χ3n) is 3.69. The zero-order valence-electron chi connectivity index (χ0n) is 15.0. The zero-order chi connectivity index (χ0) is 18.3. The highest BCUT2D eigenvalue weighted by Crippen LogP contribution is 2.23. The number of likely N-dealkylation sites (N-methyl/N-ethyl adjacent to an activating group) is 1. The Balaban J connectivity index is 2.62. The molecule has 1 atom stereocenters. The highest BCUT2D eigenvalue weighted by Gasteiger charge is 2.18. The molecule has 0 bridgehead atoms. The molecule has 24 heavy (non-hydrogen) atoms. The molecule has 0 aliphatic rings. The number of ether oxygens (including phenoxy) is 2. The smallest absolute Gasteiger partial charge is 0.242 e. The Bertz CT molecular complexity index is 553. The molecule has 0 spiro atoms. The fraction of sp³-hybridized carbons (Fsp3) is 0.529. The van der Waals surface area contributed by atoms with Gasteiger partial charge in [-0.05, 0) is 23.6 Å². The SMILES string of the molecule is COc1cc(CN(C)C(=O)CNC(=O)[C@@H](N)C(C)C)cc(OC)c1. The number of nitrogens with one attached hydrogen (secondary N) is 1. The summed E-state index contributed by atoms with van der Waals surface area (Å²) in [6, 6.07) is 4.81. The maximum atomic E-state index is 12.2. The molecule has 0 aliphatic carbocycles. The van der Waals surface area contributed by atoms with E-state index in [4.69, 9.17) is 15.2 Å². The van der Waals surface area contributed by atoms with E-state index in [2.05, 4.69) is 5.32 Å². The number of hydrogen-bond acceptors (Lipinski definition) is 5. The molecule has 1 aromatic rings. The first-order valence-electron chi connectivity index (χ1n) is 7.77. The van der Waals surface area contributed by atoms with Gasteiger partial charge in [-0.15, -0.1) is 0 Å². The van der Waals surface area contributed by atoms with E-state index in [9.17, 15) is 9.59 Å². The molecule has 1 aromatic carbocycles. The van der Waals surface area contributed by atoms with E-state index in [1.165, 1.54) is 4.90 Å². The van der Waals surface area contributed by atoms with Crippen LogP contribution in [0, 0.1) is 5.92 Å². The number of rotatable bonds is 8. The minimum atomic E-state index is -0.620. The summed E-state index contributed by atoms with van der Waals surface area (Å²) >= 11 is 0. The van der Waals surface area contributed by atoms with Crippen molar-refractivity contribution in [3.8, 4) is 11.5 Å². The van der Waals surface area contributed by atoms with Gasteiger partial charge in [0.15, 0.2) is 0 Å². The van der Waals surface area contributed by atoms with Crippen molar-refractivity contribution >= 4 is 11.8 Å². The van der Waals surface area contributed by atoms with Gasteiger partial charge in [0.05, 0.1) is 26.8 Å². The Hall–Kier alpha value is -2.28. The Kier molecular flexibility index (Phi) is 7.51. The Morgan fingerprint density at radius 2 is 1.71 bits per heavy atom. The Morgan fingerprint density at radius 3 is 2.17 bits per heavy atom. The minimum Gasteiger partial charge on any atom is -0.497 e. The maximum absolute atomic E-state index is 12.2. The Morgan fingerprint density at radius 1 is 1.17 bits per heavy atom. The number of benzene rings is 1. The van der Waals surface area contributed by atoms with E-state index in [-0.39, 0.29) is 24.3 Å². The highest BCUT2D eigenvalue weighted by atomic mass is 16.5. The average Bonchev–Trinajstić information content (AvgIpc) is 2.57. The van der Waals surface area contributed by atoms with E-state index in [0.717, 1.165) is 5.56 Å². The predicted octanol–water partition coefficient (Wildman–Crippen LogP) is 0.762. The van der Waals surface area contributed by atoms with Gasteiger partial charge in [0.2, 0.25) is 11.8 Å². The Labute approximate surface area is 143 Å². The molecule has 1 rings (SSSR count). The van der Waals surface area contributed by atoms with Crippen molar-refractivity contribution in [3.05, 3.63) is 23.8 Å². The van der Waals surface area contributed by atoms with Crippen molar-refractivity contribution in [2.75, 3.05) is 27.8 Å². The van der Waals surface area contributed by atoms with Crippen molar-refractivity contribution in [2.24, 2.45) is 11.7 Å². The summed E-state index contributed by atoms with van der Waals surface area (Å²) in [6.07, 6.45) is 0. The van der Waals surface area contributed by atoms with E-state index < -0.39 is 6.04 Å². The first kappa shape index (κ1) is 19.8. The number of nitrogens with two attached hydrogens (primary N) is 1. The molecule has 0 radical (unpaired) electrons. The van der Waals surface area contributed by atoms with E-state index in [1.807, 2.05) is 26.0 Å². The molecule has 0 aliphatic heterocycles. The van der Waals surface area contributed by atoms with Crippen LogP contribution < -0.4 is 20.5 Å². The van der Waals surface area contributed by atoms with Crippen molar-refractivity contribution in [1.29, 1.82) is 0 Å². The van der Waals surface area contributed by atoms with Crippen molar-refractivity contribution in [3.63, 3.8) is 0 Å². The second-order valence-electron chi connectivity index (χ2n) is 5.96. The molecule has 2 amide bonds. The van der Waals surface area contributed by atoms with E-state index >= 15 is 0 Å². The first-order chi connectivity index (χ1) is 11.3. The van der Waals surface area contributed by atoms with Crippen LogP contribution in [0.25, 0.3) is 0 Å².